The van der Waals surface area contributed by atoms with Crippen molar-refractivity contribution in [2.45, 2.75) is 13.0 Å². The number of nitrogens with zero attached hydrogens (tertiary/aromatic N) is 2. The predicted octanol–water partition coefficient (Wildman–Crippen LogP) is 5.70. The van der Waals surface area contributed by atoms with Gasteiger partial charge in [-0.25, -0.2) is 4.79 Å². The summed E-state index contributed by atoms with van der Waals surface area (Å²) in [6.45, 7) is 1.76. The summed E-state index contributed by atoms with van der Waals surface area (Å²) < 4.78 is 6.26. The number of amides is 3. The van der Waals surface area contributed by atoms with Crippen LogP contribution >= 0.6 is 27.3 Å². The molecule has 3 N–H and O–H groups in total. The van der Waals surface area contributed by atoms with Crippen molar-refractivity contribution in [3.63, 3.8) is 0 Å². The number of nitrogens with one attached hydrogen (secondary N) is 3. The molecule has 0 radical (unpaired) electrons. The molecule has 162 valence electrons. The van der Waals surface area contributed by atoms with Crippen molar-refractivity contribution < 1.29 is 14.1 Å². The lowest BCUT2D eigenvalue weighted by Crippen LogP contribution is -2.26. The van der Waals surface area contributed by atoms with E-state index in [4.69, 9.17) is 4.52 Å². The maximum atomic E-state index is 12.6. The summed E-state index contributed by atoms with van der Waals surface area (Å²) in [5, 5.41) is 12.8. The fraction of sp³-hybridized carbons (Fsp3) is 0.0909. The number of benzene rings is 2. The van der Waals surface area contributed by atoms with Crippen molar-refractivity contribution in [3.8, 4) is 11.4 Å². The van der Waals surface area contributed by atoms with Crippen LogP contribution in [0.3, 0.4) is 0 Å². The molecule has 0 fully saturated rings. The molecule has 0 saturated carbocycles. The Morgan fingerprint density at radius 2 is 1.75 bits per heavy atom. The van der Waals surface area contributed by atoms with E-state index in [1.807, 2.05) is 42.5 Å². The number of thiophene rings is 1. The number of halogens is 1. The van der Waals surface area contributed by atoms with Crippen LogP contribution in [0.5, 0.6) is 0 Å². The molecule has 0 aliphatic carbocycles. The van der Waals surface area contributed by atoms with Gasteiger partial charge in [0, 0.05) is 15.7 Å². The Kier molecular flexibility index (Phi) is 6.62. The Morgan fingerprint density at radius 3 is 2.50 bits per heavy atom. The first-order valence-corrected chi connectivity index (χ1v) is 11.2. The molecule has 2 aromatic heterocycles. The number of urea groups is 1. The van der Waals surface area contributed by atoms with Crippen molar-refractivity contribution in [3.05, 3.63) is 82.0 Å². The molecule has 3 amide bonds. The maximum absolute atomic E-state index is 12.6. The van der Waals surface area contributed by atoms with Gasteiger partial charge in [-0.1, -0.05) is 39.3 Å². The molecule has 4 rings (SSSR count). The molecule has 0 aliphatic heterocycles. The van der Waals surface area contributed by atoms with Crippen molar-refractivity contribution >= 4 is 49.9 Å². The van der Waals surface area contributed by atoms with Gasteiger partial charge in [-0.15, -0.1) is 11.3 Å². The first-order valence-electron chi connectivity index (χ1n) is 9.61. The molecule has 10 heteroatoms. The molecule has 1 unspecified atom stereocenters. The number of carbonyl (C=O) groups excluding carboxylic acids is 2. The van der Waals surface area contributed by atoms with Crippen LogP contribution in [0.4, 0.5) is 15.5 Å². The molecule has 2 heterocycles. The van der Waals surface area contributed by atoms with E-state index in [1.165, 1.54) is 11.3 Å². The van der Waals surface area contributed by atoms with Gasteiger partial charge in [0.1, 0.15) is 6.04 Å². The normalized spacial score (nSPS) is 11.6. The van der Waals surface area contributed by atoms with Crippen LogP contribution in [0.25, 0.3) is 11.4 Å². The van der Waals surface area contributed by atoms with Gasteiger partial charge in [0.15, 0.2) is 0 Å². The lowest BCUT2D eigenvalue weighted by molar-refractivity contribution is 0.0936. The van der Waals surface area contributed by atoms with E-state index in [9.17, 15) is 9.59 Å². The van der Waals surface area contributed by atoms with Crippen molar-refractivity contribution in [2.75, 3.05) is 10.6 Å². The highest BCUT2D eigenvalue weighted by molar-refractivity contribution is 9.10. The summed E-state index contributed by atoms with van der Waals surface area (Å²) in [6.07, 6.45) is 0. The number of hydrogen-bond donors (Lipinski definition) is 3. The highest BCUT2D eigenvalue weighted by atomic mass is 79.9. The average Bonchev–Trinajstić information content (AvgIpc) is 3.45. The third-order valence-corrected chi connectivity index (χ3v) is 5.89. The van der Waals surface area contributed by atoms with E-state index >= 15 is 0 Å². The fourth-order valence-corrected chi connectivity index (χ4v) is 3.85. The predicted molar refractivity (Wildman–Crippen MR) is 127 cm³/mol. The van der Waals surface area contributed by atoms with Crippen molar-refractivity contribution in [1.29, 1.82) is 0 Å². The molecular weight excluding hydrogens is 494 g/mol. The second kappa shape index (κ2) is 9.75. The van der Waals surface area contributed by atoms with E-state index in [2.05, 4.69) is 42.0 Å². The Bertz CT molecular complexity index is 1220. The number of para-hydroxylation sites is 1. The third kappa shape index (κ3) is 5.40. The first kappa shape index (κ1) is 21.7. The molecule has 8 nitrogen and oxygen atoms in total. The molecule has 1 atom stereocenters. The zero-order chi connectivity index (χ0) is 22.5. The summed E-state index contributed by atoms with van der Waals surface area (Å²) in [5.41, 5.74) is 1.49. The van der Waals surface area contributed by atoms with E-state index in [-0.39, 0.29) is 11.9 Å². The Hall–Kier alpha value is -3.50. The number of carbonyl (C=O) groups is 2. The minimum absolute atomic E-state index is 0.299. The molecule has 0 saturated heterocycles. The molecule has 4 aromatic rings. The lowest BCUT2D eigenvalue weighted by Gasteiger charge is -2.08. The fourth-order valence-electron chi connectivity index (χ4n) is 2.78. The lowest BCUT2D eigenvalue weighted by atomic mass is 10.2. The van der Waals surface area contributed by atoms with Crippen LogP contribution in [0.1, 0.15) is 28.5 Å². The monoisotopic (exact) mass is 511 g/mol. The van der Waals surface area contributed by atoms with Crippen LogP contribution in [0.2, 0.25) is 0 Å². The van der Waals surface area contributed by atoms with Crippen LogP contribution in [0, 0.1) is 0 Å². The minimum atomic E-state index is -0.487. The summed E-state index contributed by atoms with van der Waals surface area (Å²) in [7, 11) is 0. The molecule has 0 aliphatic rings. The number of aromatic nitrogens is 2. The largest absolute Gasteiger partial charge is 0.340 e. The van der Waals surface area contributed by atoms with Gasteiger partial charge in [-0.05, 0) is 55.5 Å². The van der Waals surface area contributed by atoms with Gasteiger partial charge in [-0.2, -0.15) is 4.98 Å². The second-order valence-corrected chi connectivity index (χ2v) is 8.77. The van der Waals surface area contributed by atoms with Crippen LogP contribution < -0.4 is 16.0 Å². The molecule has 0 bridgehead atoms. The molecule has 0 spiro atoms. The van der Waals surface area contributed by atoms with Gasteiger partial charge in [0.2, 0.25) is 11.7 Å². The average molecular weight is 512 g/mol. The van der Waals surface area contributed by atoms with Gasteiger partial charge in [0.05, 0.1) is 9.88 Å². The maximum Gasteiger partial charge on any atom is 0.324 e. The van der Waals surface area contributed by atoms with Gasteiger partial charge in [-0.3, -0.25) is 10.1 Å². The minimum Gasteiger partial charge on any atom is -0.340 e. The Balaban J connectivity index is 1.34. The quantitative estimate of drug-likeness (QED) is 0.307. The van der Waals surface area contributed by atoms with Crippen LogP contribution in [-0.2, 0) is 0 Å². The SMILES string of the molecule is CC(NC(=O)c1ccc(NC(=O)Nc2ccccc2)s1)c1nc(-c2ccc(Br)cc2)no1. The summed E-state index contributed by atoms with van der Waals surface area (Å²) >= 11 is 4.55. The molecule has 32 heavy (non-hydrogen) atoms. The zero-order valence-electron chi connectivity index (χ0n) is 16.8. The summed E-state index contributed by atoms with van der Waals surface area (Å²) in [5.74, 6) is 0.441. The highest BCUT2D eigenvalue weighted by Gasteiger charge is 2.19. The smallest absolute Gasteiger partial charge is 0.324 e. The standard InChI is InChI=1S/C22H18BrN5O3S/c1-13(21-27-19(28-31-21)14-7-9-15(23)10-8-14)24-20(29)17-11-12-18(32-17)26-22(30)25-16-5-3-2-4-6-16/h2-13H,1H3,(H,24,29)(H2,25,26,30). The summed E-state index contributed by atoms with van der Waals surface area (Å²) in [6, 6.07) is 19.1. The second-order valence-electron chi connectivity index (χ2n) is 6.77. The van der Waals surface area contributed by atoms with Gasteiger partial charge >= 0.3 is 6.03 Å². The van der Waals surface area contributed by atoms with Crippen molar-refractivity contribution in [2.24, 2.45) is 0 Å². The van der Waals surface area contributed by atoms with E-state index in [1.54, 1.807) is 31.2 Å². The van der Waals surface area contributed by atoms with E-state index in [0.29, 0.717) is 27.3 Å². The van der Waals surface area contributed by atoms with Crippen LogP contribution in [-0.4, -0.2) is 22.1 Å². The van der Waals surface area contributed by atoms with Crippen LogP contribution in [0.15, 0.2) is 75.7 Å². The van der Waals surface area contributed by atoms with Gasteiger partial charge < -0.3 is 15.2 Å². The number of anilines is 2. The first-order chi connectivity index (χ1) is 15.5. The summed E-state index contributed by atoms with van der Waals surface area (Å²) in [4.78, 5) is 29.5. The van der Waals surface area contributed by atoms with Crippen molar-refractivity contribution in [1.82, 2.24) is 15.5 Å². The van der Waals surface area contributed by atoms with Gasteiger partial charge in [0.25, 0.3) is 5.91 Å². The molecular formula is C22H18BrN5O3S. The number of rotatable bonds is 6. The highest BCUT2D eigenvalue weighted by Crippen LogP contribution is 2.24. The topological polar surface area (TPSA) is 109 Å². The molecule has 2 aromatic carbocycles. The van der Waals surface area contributed by atoms with E-state index < -0.39 is 6.04 Å². The Labute approximate surface area is 196 Å². The third-order valence-electron chi connectivity index (χ3n) is 4.36. The Morgan fingerprint density at radius 1 is 1.00 bits per heavy atom. The van der Waals surface area contributed by atoms with E-state index in [0.717, 1.165) is 10.0 Å². The number of hydrogen-bond acceptors (Lipinski definition) is 6. The zero-order valence-corrected chi connectivity index (χ0v) is 19.2.